The number of nitrogens with two attached hydrogens (primary N) is 1. The maximum atomic E-state index is 11.8. The van der Waals surface area contributed by atoms with Crippen LogP contribution in [-0.4, -0.2) is 15.8 Å². The van der Waals surface area contributed by atoms with Gasteiger partial charge in [-0.05, 0) is 24.6 Å². The van der Waals surface area contributed by atoms with Gasteiger partial charge in [0.05, 0.1) is 11.9 Å². The second-order valence-corrected chi connectivity index (χ2v) is 4.52. The molecular formula is C12H14ClN5O. The summed E-state index contributed by atoms with van der Waals surface area (Å²) >= 11 is 5.98. The molecular weight excluding hydrogens is 266 g/mol. The highest BCUT2D eigenvalue weighted by Crippen LogP contribution is 2.21. The maximum absolute atomic E-state index is 11.8. The number of aryl methyl sites for hydroxylation is 2. The van der Waals surface area contributed by atoms with Gasteiger partial charge < -0.3 is 11.1 Å². The Morgan fingerprint density at radius 1 is 1.42 bits per heavy atom. The molecule has 0 unspecified atom stereocenters. The molecule has 2 aromatic rings. The van der Waals surface area contributed by atoms with Crippen molar-refractivity contribution in [1.82, 2.24) is 9.78 Å². The van der Waals surface area contributed by atoms with Gasteiger partial charge in [-0.25, -0.2) is 4.79 Å². The van der Waals surface area contributed by atoms with Gasteiger partial charge in [-0.1, -0.05) is 17.7 Å². The molecule has 0 saturated heterocycles. The normalized spacial score (nSPS) is 10.3. The van der Waals surface area contributed by atoms with Gasteiger partial charge in [-0.2, -0.15) is 5.10 Å². The molecule has 6 nitrogen and oxygen atoms in total. The molecule has 19 heavy (non-hydrogen) atoms. The van der Waals surface area contributed by atoms with Crippen LogP contribution >= 0.6 is 11.6 Å². The number of hydrogen-bond acceptors (Lipinski definition) is 3. The number of nitrogens with zero attached hydrogens (tertiary/aromatic N) is 2. The van der Waals surface area contributed by atoms with Crippen LogP contribution < -0.4 is 16.4 Å². The average Bonchev–Trinajstić information content (AvgIpc) is 2.66. The molecule has 0 aliphatic rings. The Morgan fingerprint density at radius 3 is 2.74 bits per heavy atom. The number of halogens is 1. The standard InChI is InChI=1S/C12H14ClN5O/c1-7-3-4-8(5-9(7)13)16-12(19)17-11-10(14)6-15-18(11)2/h3-6H,14H2,1-2H3,(H2,16,17,19). The molecule has 1 aromatic heterocycles. The predicted molar refractivity (Wildman–Crippen MR) is 76.5 cm³/mol. The fourth-order valence-electron chi connectivity index (χ4n) is 1.55. The highest BCUT2D eigenvalue weighted by molar-refractivity contribution is 6.31. The Bertz CT molecular complexity index is 603. The number of hydrogen-bond donors (Lipinski definition) is 3. The number of aromatic nitrogens is 2. The molecule has 0 aliphatic carbocycles. The second kappa shape index (κ2) is 5.19. The minimum Gasteiger partial charge on any atom is -0.394 e. The number of carbonyl (C=O) groups excluding carboxylic acids is 1. The maximum Gasteiger partial charge on any atom is 0.324 e. The van der Waals surface area contributed by atoms with Crippen LogP contribution in [0, 0.1) is 6.92 Å². The predicted octanol–water partition coefficient (Wildman–Crippen LogP) is 2.61. The Kier molecular flexibility index (Phi) is 3.62. The quantitative estimate of drug-likeness (QED) is 0.790. The van der Waals surface area contributed by atoms with Crippen LogP contribution in [0.2, 0.25) is 5.02 Å². The third-order valence-electron chi connectivity index (χ3n) is 2.63. The van der Waals surface area contributed by atoms with Crippen molar-refractivity contribution in [2.24, 2.45) is 7.05 Å². The number of nitrogen functional groups attached to an aromatic ring is 1. The van der Waals surface area contributed by atoms with Crippen molar-refractivity contribution in [2.75, 3.05) is 16.4 Å². The molecule has 0 aliphatic heterocycles. The summed E-state index contributed by atoms with van der Waals surface area (Å²) in [6.07, 6.45) is 1.47. The monoisotopic (exact) mass is 279 g/mol. The summed E-state index contributed by atoms with van der Waals surface area (Å²) in [7, 11) is 1.69. The summed E-state index contributed by atoms with van der Waals surface area (Å²) in [5.74, 6) is 0.440. The molecule has 2 rings (SSSR count). The lowest BCUT2D eigenvalue weighted by atomic mass is 10.2. The minimum absolute atomic E-state index is 0.402. The van der Waals surface area contributed by atoms with Gasteiger partial charge in [0.25, 0.3) is 0 Å². The second-order valence-electron chi connectivity index (χ2n) is 4.12. The SMILES string of the molecule is Cc1ccc(NC(=O)Nc2c(N)cnn2C)cc1Cl. The summed E-state index contributed by atoms with van der Waals surface area (Å²) in [6.45, 7) is 1.89. The smallest absolute Gasteiger partial charge is 0.324 e. The highest BCUT2D eigenvalue weighted by Gasteiger charge is 2.10. The van der Waals surface area contributed by atoms with E-state index in [-0.39, 0.29) is 0 Å². The molecule has 0 radical (unpaired) electrons. The van der Waals surface area contributed by atoms with Crippen LogP contribution in [0.4, 0.5) is 22.0 Å². The van der Waals surface area contributed by atoms with E-state index in [0.29, 0.717) is 22.2 Å². The van der Waals surface area contributed by atoms with E-state index in [0.717, 1.165) is 5.56 Å². The largest absolute Gasteiger partial charge is 0.394 e. The number of anilines is 3. The molecule has 0 atom stereocenters. The Balaban J connectivity index is 2.07. The number of benzene rings is 1. The average molecular weight is 280 g/mol. The lowest BCUT2D eigenvalue weighted by molar-refractivity contribution is 0.262. The van der Waals surface area contributed by atoms with Crippen LogP contribution in [0.1, 0.15) is 5.56 Å². The summed E-state index contributed by atoms with van der Waals surface area (Å²) in [4.78, 5) is 11.8. The molecule has 4 N–H and O–H groups in total. The molecule has 0 saturated carbocycles. The van der Waals surface area contributed by atoms with Crippen LogP contribution in [0.25, 0.3) is 0 Å². The van der Waals surface area contributed by atoms with E-state index in [4.69, 9.17) is 17.3 Å². The lowest BCUT2D eigenvalue weighted by Gasteiger charge is -2.09. The molecule has 0 spiro atoms. The number of nitrogens with one attached hydrogen (secondary N) is 2. The van der Waals surface area contributed by atoms with Crippen molar-refractivity contribution in [3.05, 3.63) is 35.0 Å². The first-order chi connectivity index (χ1) is 8.97. The third kappa shape index (κ3) is 2.97. The fourth-order valence-corrected chi connectivity index (χ4v) is 1.73. The van der Waals surface area contributed by atoms with Crippen molar-refractivity contribution in [3.63, 3.8) is 0 Å². The number of amides is 2. The first-order valence-corrected chi connectivity index (χ1v) is 5.97. The zero-order valence-electron chi connectivity index (χ0n) is 10.6. The van der Waals surface area contributed by atoms with Crippen molar-refractivity contribution in [3.8, 4) is 0 Å². The summed E-state index contributed by atoms with van der Waals surface area (Å²) < 4.78 is 1.48. The summed E-state index contributed by atoms with van der Waals surface area (Å²) in [5.41, 5.74) is 7.64. The van der Waals surface area contributed by atoms with Gasteiger partial charge in [-0.15, -0.1) is 0 Å². The third-order valence-corrected chi connectivity index (χ3v) is 3.04. The zero-order chi connectivity index (χ0) is 14.0. The van der Waals surface area contributed by atoms with Crippen LogP contribution in [0.5, 0.6) is 0 Å². The molecule has 7 heteroatoms. The van der Waals surface area contributed by atoms with E-state index < -0.39 is 6.03 Å². The van der Waals surface area contributed by atoms with E-state index in [1.807, 2.05) is 13.0 Å². The molecule has 0 fully saturated rings. The van der Waals surface area contributed by atoms with Crippen LogP contribution in [-0.2, 0) is 7.05 Å². The van der Waals surface area contributed by atoms with Crippen molar-refractivity contribution in [1.29, 1.82) is 0 Å². The van der Waals surface area contributed by atoms with Crippen molar-refractivity contribution in [2.45, 2.75) is 6.92 Å². The van der Waals surface area contributed by atoms with Gasteiger partial charge >= 0.3 is 6.03 Å². The highest BCUT2D eigenvalue weighted by atomic mass is 35.5. The Morgan fingerprint density at radius 2 is 2.16 bits per heavy atom. The fraction of sp³-hybridized carbons (Fsp3) is 0.167. The Labute approximate surface area is 115 Å². The van der Waals surface area contributed by atoms with Crippen LogP contribution in [0.3, 0.4) is 0 Å². The van der Waals surface area contributed by atoms with Gasteiger partial charge in [0.2, 0.25) is 0 Å². The van der Waals surface area contributed by atoms with Gasteiger partial charge in [-0.3, -0.25) is 10.00 Å². The summed E-state index contributed by atoms with van der Waals surface area (Å²) in [6, 6.07) is 4.88. The van der Waals surface area contributed by atoms with E-state index >= 15 is 0 Å². The molecule has 1 heterocycles. The van der Waals surface area contributed by atoms with Gasteiger partial charge in [0.1, 0.15) is 0 Å². The molecule has 0 bridgehead atoms. The molecule has 100 valence electrons. The Hall–Kier alpha value is -2.21. The topological polar surface area (TPSA) is 85.0 Å². The number of carbonyl (C=O) groups is 1. The van der Waals surface area contributed by atoms with E-state index in [2.05, 4.69) is 15.7 Å². The van der Waals surface area contributed by atoms with Gasteiger partial charge in [0.15, 0.2) is 5.82 Å². The van der Waals surface area contributed by atoms with Crippen molar-refractivity contribution >= 4 is 34.8 Å². The minimum atomic E-state index is -0.407. The van der Waals surface area contributed by atoms with E-state index in [1.165, 1.54) is 10.9 Å². The molecule has 1 aromatic carbocycles. The lowest BCUT2D eigenvalue weighted by Crippen LogP contribution is -2.21. The van der Waals surface area contributed by atoms with Crippen LogP contribution in [0.15, 0.2) is 24.4 Å². The van der Waals surface area contributed by atoms with E-state index in [1.54, 1.807) is 19.2 Å². The molecule has 2 amide bonds. The number of urea groups is 1. The van der Waals surface area contributed by atoms with E-state index in [9.17, 15) is 4.79 Å². The van der Waals surface area contributed by atoms with Gasteiger partial charge in [0, 0.05) is 17.8 Å². The number of rotatable bonds is 2. The summed E-state index contributed by atoms with van der Waals surface area (Å²) in [5, 5.41) is 9.82. The van der Waals surface area contributed by atoms with Crippen molar-refractivity contribution < 1.29 is 4.79 Å². The zero-order valence-corrected chi connectivity index (χ0v) is 11.3. The first kappa shape index (κ1) is 13.2. The first-order valence-electron chi connectivity index (χ1n) is 5.59.